The van der Waals surface area contributed by atoms with Gasteiger partial charge >= 0.3 is 0 Å². The Hall–Kier alpha value is -0.860. The van der Waals surface area contributed by atoms with Gasteiger partial charge in [0.15, 0.2) is 0 Å². The van der Waals surface area contributed by atoms with Crippen LogP contribution in [0.5, 0.6) is 0 Å². The van der Waals surface area contributed by atoms with Gasteiger partial charge in [0.1, 0.15) is 0 Å². The molecule has 0 unspecified atom stereocenters. The first kappa shape index (κ1) is 11.6. The Balaban J connectivity index is 1.65. The maximum atomic E-state index is 9.29. The maximum Gasteiger partial charge on any atom is 0.0613 e. The molecule has 0 bridgehead atoms. The van der Waals surface area contributed by atoms with Gasteiger partial charge in [0.25, 0.3) is 0 Å². The second-order valence-electron chi connectivity index (χ2n) is 4.81. The van der Waals surface area contributed by atoms with E-state index in [1.54, 1.807) is 0 Å². The Bertz CT molecular complexity index is 300. The van der Waals surface area contributed by atoms with Crippen LogP contribution in [0.1, 0.15) is 31.2 Å². The smallest absolute Gasteiger partial charge is 0.0613 e. The van der Waals surface area contributed by atoms with Crippen molar-refractivity contribution in [1.82, 2.24) is 5.32 Å². The quantitative estimate of drug-likeness (QED) is 0.718. The van der Waals surface area contributed by atoms with Crippen molar-refractivity contribution in [2.45, 2.75) is 37.6 Å². The van der Waals surface area contributed by atoms with Crippen LogP contribution in [0.4, 0.5) is 0 Å². The maximum absolute atomic E-state index is 9.29. The van der Waals surface area contributed by atoms with Crippen molar-refractivity contribution in [2.24, 2.45) is 0 Å². The van der Waals surface area contributed by atoms with E-state index in [9.17, 15) is 5.11 Å². The van der Waals surface area contributed by atoms with Crippen LogP contribution in [0.2, 0.25) is 0 Å². The molecule has 0 aromatic heterocycles. The van der Waals surface area contributed by atoms with Gasteiger partial charge in [0, 0.05) is 5.54 Å². The molecule has 0 radical (unpaired) electrons. The van der Waals surface area contributed by atoms with Crippen LogP contribution in [-0.2, 0) is 6.42 Å². The molecule has 1 saturated carbocycles. The molecule has 88 valence electrons. The molecular formula is C14H21NO. The summed E-state index contributed by atoms with van der Waals surface area (Å²) in [7, 11) is 0. The minimum Gasteiger partial charge on any atom is -0.394 e. The molecule has 0 heterocycles. The topological polar surface area (TPSA) is 32.3 Å². The van der Waals surface area contributed by atoms with Crippen LogP contribution in [0.25, 0.3) is 0 Å². The third kappa shape index (κ3) is 2.83. The van der Waals surface area contributed by atoms with Gasteiger partial charge < -0.3 is 10.4 Å². The first-order chi connectivity index (χ1) is 7.85. The number of nitrogens with one attached hydrogen (secondary N) is 1. The molecule has 1 fully saturated rings. The van der Waals surface area contributed by atoms with E-state index >= 15 is 0 Å². The van der Waals surface area contributed by atoms with E-state index in [0.29, 0.717) is 6.61 Å². The van der Waals surface area contributed by atoms with E-state index in [1.165, 1.54) is 12.0 Å². The van der Waals surface area contributed by atoms with Crippen molar-refractivity contribution < 1.29 is 5.11 Å². The van der Waals surface area contributed by atoms with Crippen LogP contribution in [0.15, 0.2) is 30.3 Å². The van der Waals surface area contributed by atoms with Gasteiger partial charge in [-0.05, 0) is 44.2 Å². The zero-order valence-corrected chi connectivity index (χ0v) is 9.78. The molecule has 1 aromatic rings. The second-order valence-corrected chi connectivity index (χ2v) is 4.81. The van der Waals surface area contributed by atoms with Gasteiger partial charge in [-0.3, -0.25) is 0 Å². The van der Waals surface area contributed by atoms with Crippen molar-refractivity contribution in [1.29, 1.82) is 0 Å². The van der Waals surface area contributed by atoms with Crippen molar-refractivity contribution in [3.8, 4) is 0 Å². The van der Waals surface area contributed by atoms with E-state index in [1.807, 2.05) is 0 Å². The van der Waals surface area contributed by atoms with E-state index in [-0.39, 0.29) is 5.54 Å². The van der Waals surface area contributed by atoms with Gasteiger partial charge in [-0.1, -0.05) is 30.3 Å². The number of benzene rings is 1. The number of rotatable bonds is 6. The van der Waals surface area contributed by atoms with Crippen LogP contribution in [0, 0.1) is 0 Å². The van der Waals surface area contributed by atoms with Gasteiger partial charge in [-0.2, -0.15) is 0 Å². The number of hydrogen-bond donors (Lipinski definition) is 2. The molecular weight excluding hydrogens is 198 g/mol. The van der Waals surface area contributed by atoms with Gasteiger partial charge in [-0.15, -0.1) is 0 Å². The predicted octanol–water partition coefficient (Wildman–Crippen LogP) is 2.12. The predicted molar refractivity (Wildman–Crippen MR) is 66.4 cm³/mol. The Morgan fingerprint density at radius 2 is 1.94 bits per heavy atom. The first-order valence-electron chi connectivity index (χ1n) is 6.24. The zero-order chi connectivity index (χ0) is 11.3. The molecule has 1 aromatic carbocycles. The van der Waals surface area contributed by atoms with Crippen molar-refractivity contribution in [2.75, 3.05) is 13.2 Å². The number of hydrogen-bond acceptors (Lipinski definition) is 2. The molecule has 1 aliphatic rings. The monoisotopic (exact) mass is 219 g/mol. The van der Waals surface area contributed by atoms with Crippen molar-refractivity contribution in [3.63, 3.8) is 0 Å². The average molecular weight is 219 g/mol. The summed E-state index contributed by atoms with van der Waals surface area (Å²) >= 11 is 0. The number of aliphatic hydroxyl groups is 1. The lowest BCUT2D eigenvalue weighted by Crippen LogP contribution is -2.54. The van der Waals surface area contributed by atoms with Crippen molar-refractivity contribution in [3.05, 3.63) is 35.9 Å². The molecule has 0 aliphatic heterocycles. The van der Waals surface area contributed by atoms with E-state index in [4.69, 9.17) is 0 Å². The molecule has 16 heavy (non-hydrogen) atoms. The summed E-state index contributed by atoms with van der Waals surface area (Å²) in [6.07, 6.45) is 5.79. The minimum absolute atomic E-state index is 0.0662. The zero-order valence-electron chi connectivity index (χ0n) is 9.78. The molecule has 0 atom stereocenters. The highest BCUT2D eigenvalue weighted by atomic mass is 16.3. The van der Waals surface area contributed by atoms with E-state index in [2.05, 4.69) is 35.6 Å². The third-order valence-electron chi connectivity index (χ3n) is 3.60. The average Bonchev–Trinajstić information content (AvgIpc) is 2.29. The Kier molecular flexibility index (Phi) is 3.97. The Morgan fingerprint density at radius 1 is 1.19 bits per heavy atom. The molecule has 2 heteroatoms. The van der Waals surface area contributed by atoms with Crippen LogP contribution < -0.4 is 5.32 Å². The minimum atomic E-state index is 0.0662. The van der Waals surface area contributed by atoms with E-state index in [0.717, 1.165) is 32.2 Å². The van der Waals surface area contributed by atoms with Gasteiger partial charge in [-0.25, -0.2) is 0 Å². The van der Waals surface area contributed by atoms with Crippen LogP contribution in [0.3, 0.4) is 0 Å². The summed E-state index contributed by atoms with van der Waals surface area (Å²) < 4.78 is 0. The summed E-state index contributed by atoms with van der Waals surface area (Å²) in [5, 5.41) is 12.8. The highest BCUT2D eigenvalue weighted by Gasteiger charge is 2.35. The van der Waals surface area contributed by atoms with Gasteiger partial charge in [0.05, 0.1) is 6.61 Å². The largest absolute Gasteiger partial charge is 0.394 e. The van der Waals surface area contributed by atoms with Gasteiger partial charge in [0.2, 0.25) is 0 Å². The SMILES string of the molecule is OCC1(NCCCc2ccccc2)CCC1. The fourth-order valence-corrected chi connectivity index (χ4v) is 2.29. The Labute approximate surface area is 97.7 Å². The molecule has 0 saturated heterocycles. The third-order valence-corrected chi connectivity index (χ3v) is 3.60. The summed E-state index contributed by atoms with van der Waals surface area (Å²) in [6, 6.07) is 10.6. The number of aryl methyl sites for hydroxylation is 1. The normalized spacial score (nSPS) is 18.1. The highest BCUT2D eigenvalue weighted by molar-refractivity contribution is 5.14. The highest BCUT2D eigenvalue weighted by Crippen LogP contribution is 2.30. The lowest BCUT2D eigenvalue weighted by atomic mass is 9.77. The fraction of sp³-hybridized carbons (Fsp3) is 0.571. The lowest BCUT2D eigenvalue weighted by molar-refractivity contribution is 0.0889. The van der Waals surface area contributed by atoms with Crippen LogP contribution in [-0.4, -0.2) is 23.8 Å². The Morgan fingerprint density at radius 3 is 2.50 bits per heavy atom. The summed E-state index contributed by atoms with van der Waals surface area (Å²) in [4.78, 5) is 0. The van der Waals surface area contributed by atoms with Crippen molar-refractivity contribution >= 4 is 0 Å². The molecule has 0 amide bonds. The molecule has 2 nitrogen and oxygen atoms in total. The second kappa shape index (κ2) is 5.46. The van der Waals surface area contributed by atoms with E-state index < -0.39 is 0 Å². The standard InChI is InChI=1S/C14H21NO/c16-12-14(9-5-10-14)15-11-4-8-13-6-2-1-3-7-13/h1-3,6-7,15-16H,4-5,8-12H2. The molecule has 2 N–H and O–H groups in total. The molecule has 2 rings (SSSR count). The molecule has 1 aliphatic carbocycles. The summed E-state index contributed by atoms with van der Waals surface area (Å²) in [5.41, 5.74) is 1.47. The number of aliphatic hydroxyl groups excluding tert-OH is 1. The first-order valence-corrected chi connectivity index (χ1v) is 6.24. The fourth-order valence-electron chi connectivity index (χ4n) is 2.29. The molecule has 0 spiro atoms. The summed E-state index contributed by atoms with van der Waals surface area (Å²) in [5.74, 6) is 0. The lowest BCUT2D eigenvalue weighted by Gasteiger charge is -2.41. The van der Waals surface area contributed by atoms with Crippen LogP contribution >= 0.6 is 0 Å². The summed E-state index contributed by atoms with van der Waals surface area (Å²) in [6.45, 7) is 1.30.